The molecule has 1 aromatic rings. The second kappa shape index (κ2) is 6.66. The first-order valence-corrected chi connectivity index (χ1v) is 7.12. The summed E-state index contributed by atoms with van der Waals surface area (Å²) in [6.45, 7) is 5.56. The molecule has 1 aliphatic heterocycles. The van der Waals surface area contributed by atoms with Gasteiger partial charge in [-0.3, -0.25) is 10.1 Å². The fraction of sp³-hybridized carbons (Fsp3) is 0.692. The maximum absolute atomic E-state index is 11.3. The summed E-state index contributed by atoms with van der Waals surface area (Å²) >= 11 is 0. The molecule has 21 heavy (non-hydrogen) atoms. The summed E-state index contributed by atoms with van der Waals surface area (Å²) in [4.78, 5) is 21.1. The largest absolute Gasteiger partial charge is 0.376 e. The van der Waals surface area contributed by atoms with Gasteiger partial charge < -0.3 is 15.0 Å². The molecule has 1 aliphatic rings. The Morgan fingerprint density at radius 2 is 2.29 bits per heavy atom. The highest BCUT2D eigenvalue weighted by molar-refractivity contribution is 5.62. The highest BCUT2D eigenvalue weighted by atomic mass is 16.6. The minimum Gasteiger partial charge on any atom is -0.376 e. The number of aromatic nitrogens is 2. The van der Waals surface area contributed by atoms with Crippen LogP contribution in [0.5, 0.6) is 0 Å². The van der Waals surface area contributed by atoms with E-state index < -0.39 is 4.92 Å². The molecule has 0 aromatic carbocycles. The molecular formula is C13H21N5O3. The minimum absolute atomic E-state index is 0.0443. The SMILES string of the molecule is CCNc1nc(C)c([N+](=O)[O-])c(N(C)CC2CCCO2)n1. The van der Waals surface area contributed by atoms with E-state index in [4.69, 9.17) is 4.74 Å². The second-order valence-corrected chi connectivity index (χ2v) is 5.11. The van der Waals surface area contributed by atoms with Gasteiger partial charge in [-0.05, 0) is 26.7 Å². The van der Waals surface area contributed by atoms with Gasteiger partial charge >= 0.3 is 5.69 Å². The zero-order valence-electron chi connectivity index (χ0n) is 12.6. The Balaban J connectivity index is 2.30. The van der Waals surface area contributed by atoms with E-state index in [0.717, 1.165) is 19.4 Å². The van der Waals surface area contributed by atoms with Crippen LogP contribution in [0.4, 0.5) is 17.5 Å². The first kappa shape index (κ1) is 15.4. The minimum atomic E-state index is -0.424. The van der Waals surface area contributed by atoms with Crippen molar-refractivity contribution in [1.29, 1.82) is 0 Å². The van der Waals surface area contributed by atoms with Crippen molar-refractivity contribution in [3.8, 4) is 0 Å². The number of nitrogens with one attached hydrogen (secondary N) is 1. The molecule has 0 saturated carbocycles. The van der Waals surface area contributed by atoms with E-state index in [-0.39, 0.29) is 11.8 Å². The Morgan fingerprint density at radius 3 is 2.86 bits per heavy atom. The lowest BCUT2D eigenvalue weighted by Gasteiger charge is -2.22. The van der Waals surface area contributed by atoms with E-state index >= 15 is 0 Å². The number of nitrogens with zero attached hydrogens (tertiary/aromatic N) is 4. The number of aryl methyl sites for hydroxylation is 1. The molecule has 2 rings (SSSR count). The van der Waals surface area contributed by atoms with Gasteiger partial charge in [0.25, 0.3) is 0 Å². The third-order valence-electron chi connectivity index (χ3n) is 3.42. The molecule has 1 unspecified atom stereocenters. The average Bonchev–Trinajstić information content (AvgIpc) is 2.90. The van der Waals surface area contributed by atoms with Crippen LogP contribution >= 0.6 is 0 Å². The lowest BCUT2D eigenvalue weighted by atomic mass is 10.2. The summed E-state index contributed by atoms with van der Waals surface area (Å²) in [5.41, 5.74) is 0.317. The Labute approximate surface area is 123 Å². The van der Waals surface area contributed by atoms with Crippen LogP contribution in [0.2, 0.25) is 0 Å². The van der Waals surface area contributed by atoms with Gasteiger partial charge in [-0.1, -0.05) is 0 Å². The van der Waals surface area contributed by atoms with Crippen LogP contribution in [0.15, 0.2) is 0 Å². The highest BCUT2D eigenvalue weighted by Crippen LogP contribution is 2.30. The van der Waals surface area contributed by atoms with Crippen molar-refractivity contribution in [1.82, 2.24) is 9.97 Å². The van der Waals surface area contributed by atoms with Crippen molar-refractivity contribution in [3.05, 3.63) is 15.8 Å². The van der Waals surface area contributed by atoms with Crippen molar-refractivity contribution in [2.75, 3.05) is 37.0 Å². The lowest BCUT2D eigenvalue weighted by molar-refractivity contribution is -0.385. The van der Waals surface area contributed by atoms with Gasteiger partial charge in [-0.25, -0.2) is 4.98 Å². The van der Waals surface area contributed by atoms with Crippen molar-refractivity contribution in [2.24, 2.45) is 0 Å². The van der Waals surface area contributed by atoms with Gasteiger partial charge in [0.2, 0.25) is 11.8 Å². The topological polar surface area (TPSA) is 93.4 Å². The fourth-order valence-electron chi connectivity index (χ4n) is 2.45. The molecule has 0 bridgehead atoms. The maximum atomic E-state index is 11.3. The van der Waals surface area contributed by atoms with E-state index in [1.165, 1.54) is 0 Å². The van der Waals surface area contributed by atoms with Crippen LogP contribution in [0.1, 0.15) is 25.5 Å². The Morgan fingerprint density at radius 1 is 1.52 bits per heavy atom. The first-order valence-electron chi connectivity index (χ1n) is 7.12. The van der Waals surface area contributed by atoms with Crippen LogP contribution in [0.25, 0.3) is 0 Å². The quantitative estimate of drug-likeness (QED) is 0.631. The van der Waals surface area contributed by atoms with Gasteiger partial charge in [0.15, 0.2) is 0 Å². The summed E-state index contributed by atoms with van der Waals surface area (Å²) < 4.78 is 5.58. The average molecular weight is 295 g/mol. The van der Waals surface area contributed by atoms with Crippen molar-refractivity contribution in [3.63, 3.8) is 0 Å². The van der Waals surface area contributed by atoms with E-state index in [0.29, 0.717) is 30.5 Å². The number of likely N-dealkylation sites (N-methyl/N-ethyl adjacent to an activating group) is 1. The molecule has 2 heterocycles. The van der Waals surface area contributed by atoms with E-state index in [9.17, 15) is 10.1 Å². The smallest absolute Gasteiger partial charge is 0.332 e. The van der Waals surface area contributed by atoms with Crippen molar-refractivity contribution < 1.29 is 9.66 Å². The van der Waals surface area contributed by atoms with Crippen LogP contribution < -0.4 is 10.2 Å². The zero-order chi connectivity index (χ0) is 15.4. The van der Waals surface area contributed by atoms with Crippen molar-refractivity contribution >= 4 is 17.5 Å². The predicted molar refractivity (Wildman–Crippen MR) is 79.8 cm³/mol. The lowest BCUT2D eigenvalue weighted by Crippen LogP contribution is -2.30. The van der Waals surface area contributed by atoms with E-state index in [1.807, 2.05) is 6.92 Å². The highest BCUT2D eigenvalue weighted by Gasteiger charge is 2.27. The molecule has 8 heteroatoms. The zero-order valence-corrected chi connectivity index (χ0v) is 12.6. The summed E-state index contributed by atoms with van der Waals surface area (Å²) in [5.74, 6) is 0.744. The summed E-state index contributed by atoms with van der Waals surface area (Å²) in [7, 11) is 1.80. The molecule has 0 amide bonds. The van der Waals surface area contributed by atoms with Crippen molar-refractivity contribution in [2.45, 2.75) is 32.8 Å². The normalized spacial score (nSPS) is 17.8. The third-order valence-corrected chi connectivity index (χ3v) is 3.42. The number of rotatable bonds is 6. The second-order valence-electron chi connectivity index (χ2n) is 5.11. The number of ether oxygens (including phenoxy) is 1. The number of anilines is 2. The molecule has 1 atom stereocenters. The number of hydrogen-bond donors (Lipinski definition) is 1. The molecule has 116 valence electrons. The summed E-state index contributed by atoms with van der Waals surface area (Å²) in [6.07, 6.45) is 2.11. The molecule has 1 saturated heterocycles. The Bertz CT molecular complexity index is 517. The molecule has 1 aromatic heterocycles. The summed E-state index contributed by atoms with van der Waals surface area (Å²) in [5, 5.41) is 14.3. The fourth-order valence-corrected chi connectivity index (χ4v) is 2.45. The molecule has 0 radical (unpaired) electrons. The van der Waals surface area contributed by atoms with Gasteiger partial charge in [-0.2, -0.15) is 4.98 Å². The molecule has 8 nitrogen and oxygen atoms in total. The predicted octanol–water partition coefficient (Wildman–Crippen LogP) is 1.74. The van der Waals surface area contributed by atoms with Crippen LogP contribution in [0.3, 0.4) is 0 Å². The molecule has 1 fully saturated rings. The third kappa shape index (κ3) is 3.57. The van der Waals surface area contributed by atoms with Gasteiger partial charge in [0, 0.05) is 26.7 Å². The van der Waals surface area contributed by atoms with Crippen LogP contribution in [0, 0.1) is 17.0 Å². The molecule has 0 spiro atoms. The van der Waals surface area contributed by atoms with Gasteiger partial charge in [-0.15, -0.1) is 0 Å². The van der Waals surface area contributed by atoms with Gasteiger partial charge in [0.05, 0.1) is 11.0 Å². The molecule has 0 aliphatic carbocycles. The number of nitro groups is 1. The summed E-state index contributed by atoms with van der Waals surface area (Å²) in [6, 6.07) is 0. The van der Waals surface area contributed by atoms with Crippen LogP contribution in [-0.4, -0.2) is 47.7 Å². The van der Waals surface area contributed by atoms with Crippen LogP contribution in [-0.2, 0) is 4.74 Å². The molecular weight excluding hydrogens is 274 g/mol. The monoisotopic (exact) mass is 295 g/mol. The van der Waals surface area contributed by atoms with E-state index in [1.54, 1.807) is 18.9 Å². The van der Waals surface area contributed by atoms with E-state index in [2.05, 4.69) is 15.3 Å². The standard InChI is InChI=1S/C13H21N5O3/c1-4-14-13-15-9(2)11(18(19)20)12(16-13)17(3)8-10-6-5-7-21-10/h10H,4-8H2,1-3H3,(H,14,15,16). The Hall–Kier alpha value is -1.96. The number of hydrogen-bond acceptors (Lipinski definition) is 7. The van der Waals surface area contributed by atoms with Gasteiger partial charge in [0.1, 0.15) is 5.69 Å². The Kier molecular flexibility index (Phi) is 4.89. The molecule has 1 N–H and O–H groups in total. The first-order chi connectivity index (χ1) is 10.0. The maximum Gasteiger partial charge on any atom is 0.332 e.